The number of ether oxygens (including phenoxy) is 1. The Balaban J connectivity index is 1.58. The van der Waals surface area contributed by atoms with E-state index in [-0.39, 0.29) is 36.0 Å². The number of aromatic nitrogens is 3. The van der Waals surface area contributed by atoms with Crippen LogP contribution in [0.25, 0.3) is 5.69 Å². The monoisotopic (exact) mass is 497 g/mol. The quantitative estimate of drug-likeness (QED) is 0.440. The number of hydrogen-bond donors (Lipinski definition) is 1. The molecule has 1 aromatic heterocycles. The summed E-state index contributed by atoms with van der Waals surface area (Å²) in [5, 5.41) is 10.5. The molecule has 0 bridgehead atoms. The maximum atomic E-state index is 13.7. The van der Waals surface area contributed by atoms with E-state index in [9.17, 15) is 24.3 Å². The third-order valence-corrected chi connectivity index (χ3v) is 7.38. The second-order valence-electron chi connectivity index (χ2n) is 9.36. The normalized spacial score (nSPS) is 20.6. The first-order chi connectivity index (χ1) is 17.8. The van der Waals surface area contributed by atoms with Crippen LogP contribution in [0.15, 0.2) is 92.6 Å². The Hall–Kier alpha value is -4.66. The van der Waals surface area contributed by atoms with Gasteiger partial charge in [0, 0.05) is 29.1 Å². The number of rotatable bonds is 3. The Kier molecular flexibility index (Phi) is 5.04. The van der Waals surface area contributed by atoms with Gasteiger partial charge >= 0.3 is 11.4 Å². The number of carbonyl (C=O) groups excluding carboxylic acids is 2. The van der Waals surface area contributed by atoms with E-state index in [2.05, 4.69) is 0 Å². The Morgan fingerprint density at radius 2 is 1.76 bits per heavy atom. The number of aromatic hydroxyl groups is 1. The van der Waals surface area contributed by atoms with Gasteiger partial charge in [-0.25, -0.2) is 23.5 Å². The molecule has 0 saturated heterocycles. The lowest BCUT2D eigenvalue weighted by Crippen LogP contribution is -2.40. The second-order valence-corrected chi connectivity index (χ2v) is 9.36. The highest BCUT2D eigenvalue weighted by Gasteiger charge is 2.45. The number of para-hydroxylation sites is 1. The Labute approximate surface area is 210 Å². The van der Waals surface area contributed by atoms with E-state index in [0.29, 0.717) is 28.0 Å². The molecule has 3 aliphatic rings. The van der Waals surface area contributed by atoms with E-state index >= 15 is 0 Å². The first-order valence-corrected chi connectivity index (χ1v) is 11.9. The molecule has 2 heterocycles. The summed E-state index contributed by atoms with van der Waals surface area (Å²) >= 11 is 0. The van der Waals surface area contributed by atoms with E-state index in [1.165, 1.54) is 28.6 Å². The number of fused-ring (bicyclic) bond motifs is 3. The second kappa shape index (κ2) is 8.19. The van der Waals surface area contributed by atoms with Gasteiger partial charge in [-0.15, -0.1) is 0 Å². The van der Waals surface area contributed by atoms with Crippen molar-refractivity contribution >= 4 is 11.6 Å². The molecule has 9 heteroatoms. The van der Waals surface area contributed by atoms with Gasteiger partial charge in [-0.1, -0.05) is 30.3 Å². The van der Waals surface area contributed by atoms with Gasteiger partial charge in [0.2, 0.25) is 0 Å². The molecule has 3 aromatic rings. The van der Waals surface area contributed by atoms with Crippen LogP contribution >= 0.6 is 0 Å². The number of methoxy groups -OCH3 is 1. The average Bonchev–Trinajstić information content (AvgIpc) is 3.16. The van der Waals surface area contributed by atoms with Crippen molar-refractivity contribution in [3.63, 3.8) is 0 Å². The van der Waals surface area contributed by atoms with Gasteiger partial charge in [0.15, 0.2) is 23.1 Å². The predicted octanol–water partition coefficient (Wildman–Crippen LogP) is 2.58. The van der Waals surface area contributed by atoms with Crippen molar-refractivity contribution < 1.29 is 19.4 Å². The summed E-state index contributed by atoms with van der Waals surface area (Å²) in [5.41, 5.74) is 1.77. The zero-order valence-electron chi connectivity index (χ0n) is 20.2. The minimum atomic E-state index is -0.679. The highest BCUT2D eigenvalue weighted by atomic mass is 16.5. The number of nitrogens with zero attached hydrogens (tertiary/aromatic N) is 3. The van der Waals surface area contributed by atoms with E-state index in [1.54, 1.807) is 49.4 Å². The Bertz CT molecular complexity index is 1710. The van der Waals surface area contributed by atoms with Crippen molar-refractivity contribution in [2.75, 3.05) is 7.11 Å². The molecule has 0 amide bonds. The van der Waals surface area contributed by atoms with E-state index in [1.807, 2.05) is 6.08 Å². The van der Waals surface area contributed by atoms with Crippen molar-refractivity contribution in [1.82, 2.24) is 13.9 Å². The smallest absolute Gasteiger partial charge is 0.352 e. The third kappa shape index (κ3) is 3.23. The molecule has 186 valence electrons. The Morgan fingerprint density at radius 3 is 2.46 bits per heavy atom. The number of hydrogen-bond acceptors (Lipinski definition) is 6. The van der Waals surface area contributed by atoms with Gasteiger partial charge in [-0.2, -0.15) is 0 Å². The molecular formula is C28H23N3O6. The lowest BCUT2D eigenvalue weighted by Gasteiger charge is -2.39. The molecule has 1 aliphatic heterocycles. The van der Waals surface area contributed by atoms with E-state index in [4.69, 9.17) is 4.74 Å². The number of Topliss-reactive ketones (excluding diaryl/α,β-unsaturated/α-hetero) is 1. The van der Waals surface area contributed by atoms with E-state index < -0.39 is 23.3 Å². The molecule has 0 fully saturated rings. The molecule has 2 atom stereocenters. The highest BCUT2D eigenvalue weighted by Crippen LogP contribution is 2.50. The van der Waals surface area contributed by atoms with E-state index in [0.717, 1.165) is 10.1 Å². The lowest BCUT2D eigenvalue weighted by molar-refractivity contribution is -0.116. The van der Waals surface area contributed by atoms with Crippen LogP contribution < -0.4 is 16.1 Å². The SMILES string of the molecule is COc1ccc([C@H]2C3=CCn4c(=O)n(-c5ccccc5)c(=O)n4[C@@H]3CC3=C2C(=O)C(C)=CC3=O)cc1O. The van der Waals surface area contributed by atoms with Crippen LogP contribution in [0.4, 0.5) is 0 Å². The van der Waals surface area contributed by atoms with Crippen LogP contribution in [0.2, 0.25) is 0 Å². The zero-order chi connectivity index (χ0) is 26.0. The summed E-state index contributed by atoms with van der Waals surface area (Å²) in [5.74, 6) is -1.04. The van der Waals surface area contributed by atoms with Crippen molar-refractivity contribution in [3.05, 3.63) is 110 Å². The summed E-state index contributed by atoms with van der Waals surface area (Å²) in [4.78, 5) is 53.5. The van der Waals surface area contributed by atoms with Crippen molar-refractivity contribution in [2.45, 2.75) is 31.8 Å². The molecule has 0 unspecified atom stereocenters. The minimum Gasteiger partial charge on any atom is -0.504 e. The minimum absolute atomic E-state index is 0.103. The van der Waals surface area contributed by atoms with Crippen LogP contribution in [0, 0.1) is 0 Å². The topological polar surface area (TPSA) is 113 Å². The fourth-order valence-corrected chi connectivity index (χ4v) is 5.70. The first kappa shape index (κ1) is 22.8. The summed E-state index contributed by atoms with van der Waals surface area (Å²) in [6, 6.07) is 12.9. The van der Waals surface area contributed by atoms with Crippen molar-refractivity contribution in [1.29, 1.82) is 0 Å². The molecular weight excluding hydrogens is 474 g/mol. The van der Waals surface area contributed by atoms with Gasteiger partial charge < -0.3 is 9.84 Å². The van der Waals surface area contributed by atoms with Gasteiger partial charge in [-0.3, -0.25) is 9.59 Å². The molecule has 0 spiro atoms. The molecule has 37 heavy (non-hydrogen) atoms. The fourth-order valence-electron chi connectivity index (χ4n) is 5.70. The summed E-state index contributed by atoms with van der Waals surface area (Å²) in [6.45, 7) is 1.73. The largest absolute Gasteiger partial charge is 0.504 e. The number of phenols is 1. The molecule has 0 radical (unpaired) electrons. The molecule has 2 aromatic carbocycles. The van der Waals surface area contributed by atoms with Crippen molar-refractivity contribution in [2.24, 2.45) is 0 Å². The third-order valence-electron chi connectivity index (χ3n) is 7.38. The van der Waals surface area contributed by atoms with Crippen LogP contribution in [-0.2, 0) is 16.1 Å². The molecule has 0 saturated carbocycles. The molecule has 9 nitrogen and oxygen atoms in total. The molecule has 1 N–H and O–H groups in total. The number of carbonyl (C=O) groups is 2. The number of allylic oxidation sites excluding steroid dienone is 6. The van der Waals surface area contributed by atoms with Gasteiger partial charge in [0.25, 0.3) is 0 Å². The van der Waals surface area contributed by atoms with Crippen LogP contribution in [0.1, 0.15) is 30.9 Å². The summed E-state index contributed by atoms with van der Waals surface area (Å²) in [7, 11) is 1.44. The van der Waals surface area contributed by atoms with Gasteiger partial charge in [0.05, 0.1) is 25.4 Å². The standard InChI is InChI=1S/C28H23N3O6/c1-15-12-21(32)19-14-20-18(24(25(19)26(15)34)16-8-9-23(37-2)22(33)13-16)10-11-29-27(35)30(28(36)31(20)29)17-6-4-3-5-7-17/h3-10,12-13,20,24,33H,11,14H2,1-2H3/t20-,24+/m1/s1. The number of ketones is 2. The van der Waals surface area contributed by atoms with Gasteiger partial charge in [0.1, 0.15) is 0 Å². The maximum absolute atomic E-state index is 13.7. The number of phenolic OH excluding ortho intramolecular Hbond substituents is 1. The van der Waals surface area contributed by atoms with Crippen molar-refractivity contribution in [3.8, 4) is 17.2 Å². The fraction of sp³-hybridized carbons (Fsp3) is 0.214. The molecule has 6 rings (SSSR count). The van der Waals surface area contributed by atoms with Gasteiger partial charge in [-0.05, 0) is 48.4 Å². The van der Waals surface area contributed by atoms with Crippen LogP contribution in [-0.4, -0.2) is 37.7 Å². The lowest BCUT2D eigenvalue weighted by atomic mass is 9.68. The summed E-state index contributed by atoms with van der Waals surface area (Å²) < 4.78 is 9.07. The number of benzene rings is 2. The average molecular weight is 498 g/mol. The molecule has 2 aliphatic carbocycles. The van der Waals surface area contributed by atoms with Crippen LogP contribution in [0.3, 0.4) is 0 Å². The highest BCUT2D eigenvalue weighted by molar-refractivity contribution is 6.23. The maximum Gasteiger partial charge on any atom is 0.352 e. The first-order valence-electron chi connectivity index (χ1n) is 11.9. The zero-order valence-corrected chi connectivity index (χ0v) is 20.2. The van der Waals surface area contributed by atoms with Crippen LogP contribution in [0.5, 0.6) is 11.5 Å². The Morgan fingerprint density at radius 1 is 1.00 bits per heavy atom. The predicted molar refractivity (Wildman–Crippen MR) is 134 cm³/mol. The summed E-state index contributed by atoms with van der Waals surface area (Å²) in [6.07, 6.45) is 3.28.